The summed E-state index contributed by atoms with van der Waals surface area (Å²) >= 11 is 0. The summed E-state index contributed by atoms with van der Waals surface area (Å²) in [5.74, 6) is 0.117. The summed E-state index contributed by atoms with van der Waals surface area (Å²) in [6.45, 7) is 2.40. The predicted octanol–water partition coefficient (Wildman–Crippen LogP) is 1.17. The van der Waals surface area contributed by atoms with Gasteiger partial charge in [-0.3, -0.25) is 0 Å². The molecular formula is C8H18O2. The third kappa shape index (κ3) is 4.77. The molecule has 0 aliphatic carbocycles. The maximum atomic E-state index is 8.67. The summed E-state index contributed by atoms with van der Waals surface area (Å²) in [4.78, 5) is 0. The molecule has 0 saturated carbocycles. The number of hydrogen-bond acceptors (Lipinski definition) is 2. The lowest BCUT2D eigenvalue weighted by Crippen LogP contribution is -2.10. The monoisotopic (exact) mass is 146 g/mol. The molecule has 0 atom stereocenters. The van der Waals surface area contributed by atoms with E-state index < -0.39 is 0 Å². The summed E-state index contributed by atoms with van der Waals surface area (Å²) in [6.07, 6.45) is 4.49. The van der Waals surface area contributed by atoms with Crippen LogP contribution in [0.2, 0.25) is 0 Å². The van der Waals surface area contributed by atoms with E-state index in [0.29, 0.717) is 0 Å². The third-order valence-corrected chi connectivity index (χ3v) is 1.73. The van der Waals surface area contributed by atoms with Gasteiger partial charge < -0.3 is 10.2 Å². The zero-order valence-electron chi connectivity index (χ0n) is 6.71. The maximum absolute atomic E-state index is 8.67. The first kappa shape index (κ1) is 9.92. The Balaban J connectivity index is 3.09. The minimum absolute atomic E-state index is 0.117. The molecule has 2 heteroatoms. The van der Waals surface area contributed by atoms with Crippen molar-refractivity contribution in [2.75, 3.05) is 13.2 Å². The smallest absolute Gasteiger partial charge is 0.0481 e. The molecule has 0 bridgehead atoms. The van der Waals surface area contributed by atoms with Gasteiger partial charge in [-0.05, 0) is 6.42 Å². The van der Waals surface area contributed by atoms with E-state index >= 15 is 0 Å². The van der Waals surface area contributed by atoms with Crippen molar-refractivity contribution in [2.45, 2.75) is 32.6 Å². The fraction of sp³-hybridized carbons (Fsp3) is 1.00. The van der Waals surface area contributed by atoms with Gasteiger partial charge in [-0.15, -0.1) is 0 Å². The molecule has 62 valence electrons. The topological polar surface area (TPSA) is 40.5 Å². The van der Waals surface area contributed by atoms with Crippen molar-refractivity contribution in [2.24, 2.45) is 5.92 Å². The number of unbranched alkanes of at least 4 members (excludes halogenated alkanes) is 2. The van der Waals surface area contributed by atoms with Crippen molar-refractivity contribution in [1.29, 1.82) is 0 Å². The van der Waals surface area contributed by atoms with Crippen molar-refractivity contribution < 1.29 is 10.2 Å². The van der Waals surface area contributed by atoms with E-state index in [1.165, 1.54) is 12.8 Å². The van der Waals surface area contributed by atoms with E-state index in [2.05, 4.69) is 6.92 Å². The van der Waals surface area contributed by atoms with Gasteiger partial charge in [-0.1, -0.05) is 26.2 Å². The predicted molar refractivity (Wildman–Crippen MR) is 41.8 cm³/mol. The van der Waals surface area contributed by atoms with E-state index in [1.54, 1.807) is 0 Å². The molecule has 0 heterocycles. The van der Waals surface area contributed by atoms with Gasteiger partial charge >= 0.3 is 0 Å². The summed E-state index contributed by atoms with van der Waals surface area (Å²) in [6, 6.07) is 0. The molecule has 2 N–H and O–H groups in total. The Morgan fingerprint density at radius 1 is 1.10 bits per heavy atom. The zero-order chi connectivity index (χ0) is 7.82. The van der Waals surface area contributed by atoms with Crippen LogP contribution in [0.4, 0.5) is 0 Å². The molecule has 0 amide bonds. The number of hydrogen-bond donors (Lipinski definition) is 2. The molecular weight excluding hydrogens is 128 g/mol. The first-order valence-corrected chi connectivity index (χ1v) is 4.06. The highest BCUT2D eigenvalue weighted by molar-refractivity contribution is 4.54. The Labute approximate surface area is 62.9 Å². The number of aliphatic hydroxyl groups is 2. The molecule has 0 aromatic carbocycles. The largest absolute Gasteiger partial charge is 0.396 e. The highest BCUT2D eigenvalue weighted by Gasteiger charge is 2.03. The SMILES string of the molecule is CCCCCC(CO)CO. The fourth-order valence-corrected chi connectivity index (χ4v) is 0.923. The summed E-state index contributed by atoms with van der Waals surface area (Å²) in [7, 11) is 0. The van der Waals surface area contributed by atoms with Crippen LogP contribution < -0.4 is 0 Å². The van der Waals surface area contributed by atoms with Gasteiger partial charge in [0.05, 0.1) is 0 Å². The van der Waals surface area contributed by atoms with Gasteiger partial charge in [0.1, 0.15) is 0 Å². The molecule has 0 aromatic heterocycles. The Morgan fingerprint density at radius 3 is 2.10 bits per heavy atom. The highest BCUT2D eigenvalue weighted by atomic mass is 16.3. The molecule has 2 nitrogen and oxygen atoms in total. The van der Waals surface area contributed by atoms with Crippen LogP contribution >= 0.6 is 0 Å². The van der Waals surface area contributed by atoms with Crippen LogP contribution in [0, 0.1) is 5.92 Å². The van der Waals surface area contributed by atoms with Crippen LogP contribution in [0.3, 0.4) is 0 Å². The molecule has 0 fully saturated rings. The molecule has 0 rings (SSSR count). The molecule has 0 aliphatic rings. The van der Waals surface area contributed by atoms with Crippen LogP contribution in [-0.4, -0.2) is 23.4 Å². The average molecular weight is 146 g/mol. The van der Waals surface area contributed by atoms with E-state index in [4.69, 9.17) is 10.2 Å². The van der Waals surface area contributed by atoms with Crippen LogP contribution in [-0.2, 0) is 0 Å². The fourth-order valence-electron chi connectivity index (χ4n) is 0.923. The van der Waals surface area contributed by atoms with E-state index in [1.807, 2.05) is 0 Å². The Bertz CT molecular complexity index is 60.3. The molecule has 0 aromatic rings. The number of rotatable bonds is 6. The van der Waals surface area contributed by atoms with Crippen LogP contribution in [0.1, 0.15) is 32.6 Å². The van der Waals surface area contributed by atoms with E-state index in [0.717, 1.165) is 12.8 Å². The highest BCUT2D eigenvalue weighted by Crippen LogP contribution is 2.07. The van der Waals surface area contributed by atoms with Gasteiger partial charge in [-0.25, -0.2) is 0 Å². The van der Waals surface area contributed by atoms with Crippen LogP contribution in [0.25, 0.3) is 0 Å². The van der Waals surface area contributed by atoms with Gasteiger partial charge in [-0.2, -0.15) is 0 Å². The molecule has 0 saturated heterocycles. The van der Waals surface area contributed by atoms with Gasteiger partial charge in [0, 0.05) is 19.1 Å². The van der Waals surface area contributed by atoms with E-state index in [9.17, 15) is 0 Å². The second kappa shape index (κ2) is 7.03. The molecule has 0 aliphatic heterocycles. The van der Waals surface area contributed by atoms with Crippen molar-refractivity contribution >= 4 is 0 Å². The summed E-state index contributed by atoms with van der Waals surface area (Å²) < 4.78 is 0. The van der Waals surface area contributed by atoms with Crippen LogP contribution in [0.5, 0.6) is 0 Å². The Hall–Kier alpha value is -0.0800. The van der Waals surface area contributed by atoms with Gasteiger partial charge in [0.2, 0.25) is 0 Å². The number of aliphatic hydroxyl groups excluding tert-OH is 2. The van der Waals surface area contributed by atoms with Gasteiger partial charge in [0.25, 0.3) is 0 Å². The second-order valence-electron chi connectivity index (χ2n) is 2.73. The Kier molecular flexibility index (Phi) is 6.98. The minimum atomic E-state index is 0.117. The second-order valence-corrected chi connectivity index (χ2v) is 2.73. The quantitative estimate of drug-likeness (QED) is 0.552. The third-order valence-electron chi connectivity index (χ3n) is 1.73. The van der Waals surface area contributed by atoms with E-state index in [-0.39, 0.29) is 19.1 Å². The van der Waals surface area contributed by atoms with Crippen LogP contribution in [0.15, 0.2) is 0 Å². The van der Waals surface area contributed by atoms with Crippen molar-refractivity contribution in [3.63, 3.8) is 0 Å². The maximum Gasteiger partial charge on any atom is 0.0481 e. The molecule has 0 unspecified atom stereocenters. The zero-order valence-corrected chi connectivity index (χ0v) is 6.71. The molecule has 0 spiro atoms. The lowest BCUT2D eigenvalue weighted by Gasteiger charge is -2.08. The minimum Gasteiger partial charge on any atom is -0.396 e. The summed E-state index contributed by atoms with van der Waals surface area (Å²) in [5, 5.41) is 17.3. The first-order valence-electron chi connectivity index (χ1n) is 4.06. The normalized spacial score (nSPS) is 10.8. The first-order chi connectivity index (χ1) is 4.85. The van der Waals surface area contributed by atoms with Crippen molar-refractivity contribution in [1.82, 2.24) is 0 Å². The Morgan fingerprint density at radius 2 is 1.70 bits per heavy atom. The molecule has 10 heavy (non-hydrogen) atoms. The van der Waals surface area contributed by atoms with Crippen molar-refractivity contribution in [3.05, 3.63) is 0 Å². The van der Waals surface area contributed by atoms with Gasteiger partial charge in [0.15, 0.2) is 0 Å². The lowest BCUT2D eigenvalue weighted by atomic mass is 10.0. The standard InChI is InChI=1S/C8H18O2/c1-2-3-4-5-8(6-9)7-10/h8-10H,2-7H2,1H3. The lowest BCUT2D eigenvalue weighted by molar-refractivity contribution is 0.141. The van der Waals surface area contributed by atoms with Crippen molar-refractivity contribution in [3.8, 4) is 0 Å². The molecule has 0 radical (unpaired) electrons. The average Bonchev–Trinajstić information content (AvgIpc) is 1.99. The summed E-state index contributed by atoms with van der Waals surface area (Å²) in [5.41, 5.74) is 0.